The second kappa shape index (κ2) is 7.17. The zero-order valence-electron chi connectivity index (χ0n) is 11.6. The zero-order chi connectivity index (χ0) is 16.0. The number of nitrogens with one attached hydrogen (secondary N) is 2. The van der Waals surface area contributed by atoms with E-state index in [-0.39, 0.29) is 17.9 Å². The summed E-state index contributed by atoms with van der Waals surface area (Å²) in [6.45, 7) is 3.18. The summed E-state index contributed by atoms with van der Waals surface area (Å²) in [6.07, 6.45) is 1.34. The summed E-state index contributed by atoms with van der Waals surface area (Å²) in [5.41, 5.74) is -0.158. The number of pyridine rings is 1. The number of anilines is 1. The van der Waals surface area contributed by atoms with Crippen LogP contribution in [0.1, 0.15) is 20.3 Å². The van der Waals surface area contributed by atoms with Crippen LogP contribution in [0.3, 0.4) is 0 Å². The molecule has 21 heavy (non-hydrogen) atoms. The number of nitro groups is 1. The van der Waals surface area contributed by atoms with Gasteiger partial charge in [-0.25, -0.2) is 9.78 Å². The normalized spacial score (nSPS) is 13.0. The topological polar surface area (TPSA) is 134 Å². The second-order valence-corrected chi connectivity index (χ2v) is 4.33. The largest absolute Gasteiger partial charge is 0.480 e. The van der Waals surface area contributed by atoms with Gasteiger partial charge in [0.15, 0.2) is 0 Å². The van der Waals surface area contributed by atoms with Crippen molar-refractivity contribution in [2.45, 2.75) is 32.4 Å². The van der Waals surface area contributed by atoms with E-state index in [1.54, 1.807) is 6.92 Å². The van der Waals surface area contributed by atoms with Crippen molar-refractivity contribution < 1.29 is 19.6 Å². The highest BCUT2D eigenvalue weighted by Gasteiger charge is 2.21. The number of aliphatic carboxylic acids is 1. The second-order valence-electron chi connectivity index (χ2n) is 4.33. The van der Waals surface area contributed by atoms with Gasteiger partial charge in [-0.15, -0.1) is 0 Å². The van der Waals surface area contributed by atoms with Gasteiger partial charge in [-0.1, -0.05) is 6.92 Å². The molecule has 0 fully saturated rings. The Bertz CT molecular complexity index is 531. The van der Waals surface area contributed by atoms with Gasteiger partial charge >= 0.3 is 5.97 Å². The van der Waals surface area contributed by atoms with E-state index in [0.717, 1.165) is 6.20 Å². The van der Waals surface area contributed by atoms with E-state index >= 15 is 0 Å². The fraction of sp³-hybridized carbons (Fsp3) is 0.417. The first kappa shape index (κ1) is 16.3. The van der Waals surface area contributed by atoms with Gasteiger partial charge < -0.3 is 15.7 Å². The number of hydrogen-bond donors (Lipinski definition) is 3. The molecule has 0 aliphatic carbocycles. The molecule has 0 bridgehead atoms. The van der Waals surface area contributed by atoms with E-state index < -0.39 is 28.9 Å². The minimum Gasteiger partial charge on any atom is -0.480 e. The molecule has 2 unspecified atom stereocenters. The fourth-order valence-corrected chi connectivity index (χ4v) is 1.50. The Morgan fingerprint density at radius 1 is 1.48 bits per heavy atom. The molecule has 9 nitrogen and oxygen atoms in total. The van der Waals surface area contributed by atoms with Gasteiger partial charge in [0, 0.05) is 6.07 Å². The Labute approximate surface area is 120 Å². The number of aromatic nitrogens is 1. The first-order chi connectivity index (χ1) is 9.85. The molecule has 1 aromatic rings. The molecule has 1 aromatic heterocycles. The van der Waals surface area contributed by atoms with Crippen molar-refractivity contribution in [3.63, 3.8) is 0 Å². The van der Waals surface area contributed by atoms with Crippen LogP contribution >= 0.6 is 0 Å². The minimum atomic E-state index is -1.11. The summed E-state index contributed by atoms with van der Waals surface area (Å²) < 4.78 is 0. The Kier molecular flexibility index (Phi) is 5.58. The average Bonchev–Trinajstić information content (AvgIpc) is 2.44. The number of amides is 1. The molecule has 0 aliphatic heterocycles. The summed E-state index contributed by atoms with van der Waals surface area (Å²) >= 11 is 0. The third-order valence-electron chi connectivity index (χ3n) is 2.74. The van der Waals surface area contributed by atoms with Crippen LogP contribution in [0, 0.1) is 10.1 Å². The van der Waals surface area contributed by atoms with Crippen LogP contribution in [-0.2, 0) is 9.59 Å². The molecule has 114 valence electrons. The molecule has 1 rings (SSSR count). The van der Waals surface area contributed by atoms with Crippen LogP contribution in [-0.4, -0.2) is 39.0 Å². The lowest BCUT2D eigenvalue weighted by molar-refractivity contribution is -0.385. The zero-order valence-corrected chi connectivity index (χ0v) is 11.6. The molecule has 0 saturated carbocycles. The Hall–Kier alpha value is -2.71. The van der Waals surface area contributed by atoms with Crippen molar-refractivity contribution in [2.24, 2.45) is 0 Å². The monoisotopic (exact) mass is 296 g/mol. The van der Waals surface area contributed by atoms with Crippen molar-refractivity contribution in [3.05, 3.63) is 28.4 Å². The van der Waals surface area contributed by atoms with Gasteiger partial charge in [-0.05, 0) is 19.4 Å². The highest BCUT2D eigenvalue weighted by Crippen LogP contribution is 2.12. The summed E-state index contributed by atoms with van der Waals surface area (Å²) in [7, 11) is 0. The predicted octanol–water partition coefficient (Wildman–Crippen LogP) is 0.770. The fourth-order valence-electron chi connectivity index (χ4n) is 1.50. The molecule has 0 saturated heterocycles. The number of hydrogen-bond acceptors (Lipinski definition) is 6. The van der Waals surface area contributed by atoms with Gasteiger partial charge in [0.05, 0.1) is 4.92 Å². The molecule has 0 aliphatic rings. The molecule has 0 radical (unpaired) electrons. The van der Waals surface area contributed by atoms with E-state index in [2.05, 4.69) is 15.6 Å². The molecule has 2 atom stereocenters. The maximum Gasteiger partial charge on any atom is 0.326 e. The summed E-state index contributed by atoms with van der Waals surface area (Å²) in [5.74, 6) is -1.32. The summed E-state index contributed by atoms with van der Waals surface area (Å²) in [6, 6.07) is 0.946. The van der Waals surface area contributed by atoms with Crippen LogP contribution in [0.15, 0.2) is 18.3 Å². The lowest BCUT2D eigenvalue weighted by Crippen LogP contribution is -2.46. The van der Waals surface area contributed by atoms with Gasteiger partial charge in [-0.2, -0.15) is 0 Å². The molecule has 3 N–H and O–H groups in total. The molecule has 0 aromatic carbocycles. The van der Waals surface area contributed by atoms with E-state index in [1.807, 2.05) is 0 Å². The number of nitrogens with zero attached hydrogens (tertiary/aromatic N) is 2. The number of rotatable bonds is 7. The van der Waals surface area contributed by atoms with Gasteiger partial charge in [0.1, 0.15) is 24.1 Å². The predicted molar refractivity (Wildman–Crippen MR) is 73.8 cm³/mol. The van der Waals surface area contributed by atoms with E-state index in [1.165, 1.54) is 19.1 Å². The van der Waals surface area contributed by atoms with Crippen molar-refractivity contribution in [1.29, 1.82) is 0 Å². The van der Waals surface area contributed by atoms with Crippen LogP contribution < -0.4 is 10.6 Å². The number of carboxylic acid groups (broad SMARTS) is 1. The van der Waals surface area contributed by atoms with Crippen LogP contribution in [0.5, 0.6) is 0 Å². The third-order valence-corrected chi connectivity index (χ3v) is 2.74. The maximum absolute atomic E-state index is 11.8. The Morgan fingerprint density at radius 3 is 2.57 bits per heavy atom. The van der Waals surface area contributed by atoms with Crippen LogP contribution in [0.25, 0.3) is 0 Å². The minimum absolute atomic E-state index is 0.158. The highest BCUT2D eigenvalue weighted by atomic mass is 16.6. The first-order valence-corrected chi connectivity index (χ1v) is 6.25. The highest BCUT2D eigenvalue weighted by molar-refractivity contribution is 5.88. The number of carbonyl (C=O) groups excluding carboxylic acids is 1. The maximum atomic E-state index is 11.8. The first-order valence-electron chi connectivity index (χ1n) is 6.25. The molecule has 9 heteroatoms. The number of carboxylic acids is 1. The molecular formula is C12H16N4O5. The average molecular weight is 296 g/mol. The summed E-state index contributed by atoms with van der Waals surface area (Å²) in [4.78, 5) is 36.4. The Morgan fingerprint density at radius 2 is 2.14 bits per heavy atom. The molecule has 1 heterocycles. The third kappa shape index (κ3) is 4.71. The van der Waals surface area contributed by atoms with E-state index in [4.69, 9.17) is 5.11 Å². The SMILES string of the molecule is CCC(NC(=O)C(C)Nc1ccc([N+](=O)[O-])cn1)C(=O)O. The Balaban J connectivity index is 2.63. The lowest BCUT2D eigenvalue weighted by Gasteiger charge is -2.17. The molecule has 0 spiro atoms. The van der Waals surface area contributed by atoms with Crippen molar-refractivity contribution in [3.8, 4) is 0 Å². The van der Waals surface area contributed by atoms with Crippen LogP contribution in [0.4, 0.5) is 11.5 Å². The van der Waals surface area contributed by atoms with Crippen molar-refractivity contribution in [1.82, 2.24) is 10.3 Å². The van der Waals surface area contributed by atoms with Crippen molar-refractivity contribution >= 4 is 23.4 Å². The lowest BCUT2D eigenvalue weighted by atomic mass is 10.2. The molecular weight excluding hydrogens is 280 g/mol. The van der Waals surface area contributed by atoms with Gasteiger partial charge in [0.2, 0.25) is 5.91 Å². The van der Waals surface area contributed by atoms with Gasteiger partial charge in [-0.3, -0.25) is 14.9 Å². The quantitative estimate of drug-likeness (QED) is 0.499. The van der Waals surface area contributed by atoms with Gasteiger partial charge in [0.25, 0.3) is 5.69 Å². The molecule has 1 amide bonds. The number of carbonyl (C=O) groups is 2. The standard InChI is InChI=1S/C12H16N4O5/c1-3-9(12(18)19)15-11(17)7(2)14-10-5-4-8(6-13-10)16(20)21/h4-7,9H,3H2,1-2H3,(H,13,14)(H,15,17)(H,18,19). The van der Waals surface area contributed by atoms with Crippen LogP contribution in [0.2, 0.25) is 0 Å². The smallest absolute Gasteiger partial charge is 0.326 e. The van der Waals surface area contributed by atoms with E-state index in [9.17, 15) is 19.7 Å². The summed E-state index contributed by atoms with van der Waals surface area (Å²) in [5, 5.41) is 24.5. The van der Waals surface area contributed by atoms with Crippen molar-refractivity contribution in [2.75, 3.05) is 5.32 Å². The van der Waals surface area contributed by atoms with E-state index in [0.29, 0.717) is 0 Å².